The van der Waals surface area contributed by atoms with Crippen LogP contribution in [0.15, 0.2) is 37.0 Å². The SMILES string of the molecule is C=C[NH2+]C(CCCCC)(CCCCC)c1ccccc1CCCCC.[Cl-]. The van der Waals surface area contributed by atoms with Gasteiger partial charge >= 0.3 is 0 Å². The Balaban J connectivity index is 0.00000625. The van der Waals surface area contributed by atoms with E-state index in [0.29, 0.717) is 0 Å². The number of benzene rings is 1. The lowest BCUT2D eigenvalue weighted by Crippen LogP contribution is -3.00. The monoisotopic (exact) mass is 379 g/mol. The first-order valence-electron chi connectivity index (χ1n) is 10.8. The molecule has 0 aliphatic heterocycles. The molecular weight excluding hydrogens is 338 g/mol. The summed E-state index contributed by atoms with van der Waals surface area (Å²) < 4.78 is 0. The van der Waals surface area contributed by atoms with Crippen LogP contribution in [-0.4, -0.2) is 0 Å². The Bertz CT molecular complexity index is 459. The van der Waals surface area contributed by atoms with Crippen molar-refractivity contribution in [2.24, 2.45) is 0 Å². The molecule has 0 unspecified atom stereocenters. The van der Waals surface area contributed by atoms with Crippen molar-refractivity contribution < 1.29 is 17.7 Å². The second-order valence-corrected chi connectivity index (χ2v) is 7.59. The molecule has 0 heterocycles. The van der Waals surface area contributed by atoms with E-state index in [1.807, 2.05) is 0 Å². The van der Waals surface area contributed by atoms with Crippen LogP contribution >= 0.6 is 0 Å². The second kappa shape index (κ2) is 15.3. The summed E-state index contributed by atoms with van der Waals surface area (Å²) in [7, 11) is 0. The molecule has 0 spiro atoms. The van der Waals surface area contributed by atoms with Gasteiger partial charge in [0.25, 0.3) is 0 Å². The van der Waals surface area contributed by atoms with Crippen molar-refractivity contribution in [1.29, 1.82) is 0 Å². The summed E-state index contributed by atoms with van der Waals surface area (Å²) in [6, 6.07) is 9.24. The Morgan fingerprint density at radius 1 is 0.846 bits per heavy atom. The highest BCUT2D eigenvalue weighted by molar-refractivity contribution is 5.32. The molecule has 1 aromatic rings. The minimum absolute atomic E-state index is 0. The molecule has 0 aromatic heterocycles. The fraction of sp³-hybridized carbons (Fsp3) is 0.667. The molecule has 2 heteroatoms. The van der Waals surface area contributed by atoms with Crippen LogP contribution in [0.5, 0.6) is 0 Å². The molecule has 26 heavy (non-hydrogen) atoms. The summed E-state index contributed by atoms with van der Waals surface area (Å²) in [5.74, 6) is 0. The molecule has 0 aliphatic rings. The van der Waals surface area contributed by atoms with Crippen molar-refractivity contribution in [1.82, 2.24) is 0 Å². The van der Waals surface area contributed by atoms with Gasteiger partial charge in [0.15, 0.2) is 0 Å². The van der Waals surface area contributed by atoms with Gasteiger partial charge in [-0.05, 0) is 37.8 Å². The van der Waals surface area contributed by atoms with Gasteiger partial charge in [-0.3, -0.25) is 0 Å². The third-order valence-corrected chi connectivity index (χ3v) is 5.49. The maximum absolute atomic E-state index is 4.08. The summed E-state index contributed by atoms with van der Waals surface area (Å²) in [4.78, 5) is 0. The van der Waals surface area contributed by atoms with Crippen LogP contribution in [0.4, 0.5) is 0 Å². The summed E-state index contributed by atoms with van der Waals surface area (Å²) in [6.45, 7) is 11.0. The van der Waals surface area contributed by atoms with E-state index in [9.17, 15) is 0 Å². The first-order valence-corrected chi connectivity index (χ1v) is 10.8. The van der Waals surface area contributed by atoms with E-state index in [4.69, 9.17) is 0 Å². The molecule has 1 aromatic carbocycles. The molecule has 150 valence electrons. The van der Waals surface area contributed by atoms with Crippen molar-refractivity contribution in [3.05, 3.63) is 48.2 Å². The molecule has 0 aliphatic carbocycles. The van der Waals surface area contributed by atoms with Gasteiger partial charge in [0, 0.05) is 18.4 Å². The van der Waals surface area contributed by atoms with Crippen molar-refractivity contribution >= 4 is 0 Å². The zero-order valence-corrected chi connectivity index (χ0v) is 18.3. The van der Waals surface area contributed by atoms with Gasteiger partial charge in [0.2, 0.25) is 0 Å². The van der Waals surface area contributed by atoms with E-state index in [1.54, 1.807) is 11.1 Å². The van der Waals surface area contributed by atoms with Crippen molar-refractivity contribution in [2.75, 3.05) is 0 Å². The van der Waals surface area contributed by atoms with Crippen LogP contribution in [0.25, 0.3) is 0 Å². The summed E-state index contributed by atoms with van der Waals surface area (Å²) in [5.41, 5.74) is 3.34. The topological polar surface area (TPSA) is 16.6 Å². The highest BCUT2D eigenvalue weighted by Crippen LogP contribution is 2.32. The number of hydrogen-bond donors (Lipinski definition) is 1. The van der Waals surface area contributed by atoms with E-state index in [2.05, 4.69) is 63.1 Å². The van der Waals surface area contributed by atoms with Gasteiger partial charge in [0.05, 0.1) is 6.20 Å². The number of halogens is 1. The third kappa shape index (κ3) is 8.27. The average molecular weight is 380 g/mol. The largest absolute Gasteiger partial charge is 1.00 e. The fourth-order valence-corrected chi connectivity index (χ4v) is 4.05. The average Bonchev–Trinajstić information content (AvgIpc) is 2.63. The van der Waals surface area contributed by atoms with Crippen LogP contribution in [0, 0.1) is 0 Å². The first kappa shape index (κ1) is 25.2. The van der Waals surface area contributed by atoms with Crippen LogP contribution in [0.3, 0.4) is 0 Å². The lowest BCUT2D eigenvalue weighted by molar-refractivity contribution is -0.681. The van der Waals surface area contributed by atoms with Crippen molar-refractivity contribution in [2.45, 2.75) is 103 Å². The fourth-order valence-electron chi connectivity index (χ4n) is 4.05. The Morgan fingerprint density at radius 2 is 1.38 bits per heavy atom. The summed E-state index contributed by atoms with van der Waals surface area (Å²) >= 11 is 0. The Morgan fingerprint density at radius 3 is 1.92 bits per heavy atom. The minimum Gasteiger partial charge on any atom is -1.00 e. The highest BCUT2D eigenvalue weighted by Gasteiger charge is 2.35. The van der Waals surface area contributed by atoms with Crippen LogP contribution in [-0.2, 0) is 12.0 Å². The normalized spacial score (nSPS) is 11.2. The maximum Gasteiger partial charge on any atom is 0.126 e. The molecule has 0 saturated carbocycles. The van der Waals surface area contributed by atoms with E-state index >= 15 is 0 Å². The summed E-state index contributed by atoms with van der Waals surface area (Å²) in [5, 5.41) is 2.43. The quantitative estimate of drug-likeness (QED) is 0.449. The lowest BCUT2D eigenvalue weighted by atomic mass is 9.77. The predicted octanol–water partition coefficient (Wildman–Crippen LogP) is 3.49. The van der Waals surface area contributed by atoms with Crippen molar-refractivity contribution in [3.63, 3.8) is 0 Å². The van der Waals surface area contributed by atoms with Crippen LogP contribution < -0.4 is 17.7 Å². The highest BCUT2D eigenvalue weighted by atomic mass is 35.5. The van der Waals surface area contributed by atoms with E-state index in [1.165, 1.54) is 77.0 Å². The van der Waals surface area contributed by atoms with Gasteiger partial charge in [-0.1, -0.05) is 83.6 Å². The standard InChI is InChI=1S/C24H41N.ClH/c1-5-9-12-17-22-18-13-14-19-23(22)24(25-8-4,20-15-10-6-2)21-16-11-7-3;/h8,13-14,18-19,25H,4-7,9-12,15-17,20-21H2,1-3H3;1H. The molecule has 0 bridgehead atoms. The zero-order chi connectivity index (χ0) is 18.4. The number of aryl methyl sites for hydroxylation is 1. The van der Waals surface area contributed by atoms with Gasteiger partial charge in [-0.2, -0.15) is 0 Å². The van der Waals surface area contributed by atoms with E-state index in [-0.39, 0.29) is 17.9 Å². The molecular formula is C24H42ClN. The first-order chi connectivity index (χ1) is 12.2. The van der Waals surface area contributed by atoms with E-state index in [0.717, 1.165) is 0 Å². The van der Waals surface area contributed by atoms with Crippen LogP contribution in [0.1, 0.15) is 103 Å². The predicted molar refractivity (Wildman–Crippen MR) is 112 cm³/mol. The number of rotatable bonds is 15. The molecule has 0 atom stereocenters. The molecule has 0 amide bonds. The number of hydrogen-bond acceptors (Lipinski definition) is 0. The maximum atomic E-state index is 4.08. The number of quaternary nitrogens is 1. The number of unbranched alkanes of at least 4 members (excludes halogenated alkanes) is 6. The molecule has 0 fully saturated rings. The Kier molecular flexibility index (Phi) is 14.8. The van der Waals surface area contributed by atoms with Gasteiger partial charge in [-0.15, -0.1) is 0 Å². The molecule has 0 saturated heterocycles. The van der Waals surface area contributed by atoms with Gasteiger partial charge < -0.3 is 17.7 Å². The van der Waals surface area contributed by atoms with Gasteiger partial charge in [-0.25, -0.2) is 0 Å². The van der Waals surface area contributed by atoms with Crippen LogP contribution in [0.2, 0.25) is 0 Å². The smallest absolute Gasteiger partial charge is 0.126 e. The molecule has 1 nitrogen and oxygen atoms in total. The van der Waals surface area contributed by atoms with Gasteiger partial charge in [0.1, 0.15) is 5.54 Å². The molecule has 0 radical (unpaired) electrons. The zero-order valence-electron chi connectivity index (χ0n) is 17.5. The number of nitrogens with two attached hydrogens (primary N) is 1. The Labute approximate surface area is 169 Å². The van der Waals surface area contributed by atoms with Crippen molar-refractivity contribution in [3.8, 4) is 0 Å². The minimum atomic E-state index is 0. The second-order valence-electron chi connectivity index (χ2n) is 7.59. The Hall–Kier alpha value is -0.790. The third-order valence-electron chi connectivity index (χ3n) is 5.49. The lowest BCUT2D eigenvalue weighted by Gasteiger charge is -2.33. The molecule has 2 N–H and O–H groups in total. The molecule has 1 rings (SSSR count). The summed E-state index contributed by atoms with van der Waals surface area (Å²) in [6.07, 6.45) is 17.6. The van der Waals surface area contributed by atoms with E-state index < -0.39 is 0 Å².